The van der Waals surface area contributed by atoms with Crippen LogP contribution in [0.25, 0.3) is 0 Å². The fraction of sp³-hybridized carbons (Fsp3) is 0.250. The number of hydrogen-bond donors (Lipinski definition) is 1. The summed E-state index contributed by atoms with van der Waals surface area (Å²) < 4.78 is 31.5. The number of benzene rings is 2. The minimum absolute atomic E-state index is 0.129. The van der Waals surface area contributed by atoms with Crippen molar-refractivity contribution in [2.45, 2.75) is 18.9 Å². The Morgan fingerprint density at radius 1 is 1.05 bits per heavy atom. The molecule has 0 saturated heterocycles. The van der Waals surface area contributed by atoms with E-state index < -0.39 is 17.7 Å². The second kappa shape index (κ2) is 6.48. The molecule has 2 aromatic carbocycles. The summed E-state index contributed by atoms with van der Waals surface area (Å²) in [5.41, 5.74) is 1.15. The largest absolute Gasteiger partial charge is 0.496 e. The number of aliphatic hydroxyl groups is 1. The highest BCUT2D eigenvalue weighted by Gasteiger charge is 2.13. The van der Waals surface area contributed by atoms with Gasteiger partial charge in [-0.1, -0.05) is 24.3 Å². The summed E-state index contributed by atoms with van der Waals surface area (Å²) in [6.07, 6.45) is -0.281. The van der Waals surface area contributed by atoms with Crippen LogP contribution >= 0.6 is 0 Å². The zero-order valence-electron chi connectivity index (χ0n) is 11.1. The van der Waals surface area contributed by atoms with Crippen molar-refractivity contribution in [3.05, 3.63) is 65.2 Å². The third kappa shape index (κ3) is 3.54. The van der Waals surface area contributed by atoms with Gasteiger partial charge < -0.3 is 9.84 Å². The Balaban J connectivity index is 2.07. The normalized spacial score (nSPS) is 12.2. The van der Waals surface area contributed by atoms with Crippen LogP contribution in [0.3, 0.4) is 0 Å². The standard InChI is InChI=1S/C16H16F2O2/c1-20-16-5-3-2-4-12(16)9-14(19)8-11-6-7-13(17)10-15(11)18/h2-7,10,14,19H,8-9H2,1H3. The van der Waals surface area contributed by atoms with Crippen LogP contribution in [0.15, 0.2) is 42.5 Å². The van der Waals surface area contributed by atoms with Crippen molar-refractivity contribution >= 4 is 0 Å². The van der Waals surface area contributed by atoms with Crippen molar-refractivity contribution in [3.8, 4) is 5.75 Å². The first-order chi connectivity index (χ1) is 9.60. The lowest BCUT2D eigenvalue weighted by Crippen LogP contribution is -2.15. The number of para-hydroxylation sites is 1. The lowest BCUT2D eigenvalue weighted by molar-refractivity contribution is 0.173. The van der Waals surface area contributed by atoms with Crippen LogP contribution in [0.5, 0.6) is 5.75 Å². The van der Waals surface area contributed by atoms with Gasteiger partial charge in [0, 0.05) is 18.9 Å². The average molecular weight is 278 g/mol. The molecule has 0 spiro atoms. The van der Waals surface area contributed by atoms with Crippen molar-refractivity contribution in [2.75, 3.05) is 7.11 Å². The van der Waals surface area contributed by atoms with E-state index in [9.17, 15) is 13.9 Å². The maximum absolute atomic E-state index is 13.5. The molecule has 1 unspecified atom stereocenters. The Hall–Kier alpha value is -1.94. The second-order valence-electron chi connectivity index (χ2n) is 4.61. The van der Waals surface area contributed by atoms with Gasteiger partial charge in [0.25, 0.3) is 0 Å². The van der Waals surface area contributed by atoms with Crippen molar-refractivity contribution in [3.63, 3.8) is 0 Å². The summed E-state index contributed by atoms with van der Waals surface area (Å²) in [4.78, 5) is 0. The SMILES string of the molecule is COc1ccccc1CC(O)Cc1ccc(F)cc1F. The van der Waals surface area contributed by atoms with E-state index in [1.165, 1.54) is 12.1 Å². The lowest BCUT2D eigenvalue weighted by Gasteiger charge is -2.14. The highest BCUT2D eigenvalue weighted by atomic mass is 19.1. The van der Waals surface area contributed by atoms with E-state index in [2.05, 4.69) is 0 Å². The molecule has 106 valence electrons. The molecule has 1 atom stereocenters. The minimum Gasteiger partial charge on any atom is -0.496 e. The first-order valence-corrected chi connectivity index (χ1v) is 6.34. The molecule has 0 aromatic heterocycles. The molecule has 0 saturated carbocycles. The molecule has 0 heterocycles. The molecule has 2 aromatic rings. The van der Waals surface area contributed by atoms with Gasteiger partial charge in [-0.05, 0) is 23.3 Å². The molecule has 0 radical (unpaired) electrons. The number of methoxy groups -OCH3 is 1. The summed E-state index contributed by atoms with van der Waals surface area (Å²) in [7, 11) is 1.56. The van der Waals surface area contributed by atoms with Crippen LogP contribution in [0.2, 0.25) is 0 Å². The molecule has 2 nitrogen and oxygen atoms in total. The van der Waals surface area contributed by atoms with E-state index in [4.69, 9.17) is 4.74 Å². The highest BCUT2D eigenvalue weighted by Crippen LogP contribution is 2.20. The van der Waals surface area contributed by atoms with Gasteiger partial charge in [-0.2, -0.15) is 0 Å². The number of ether oxygens (including phenoxy) is 1. The molecule has 0 aliphatic heterocycles. The Kier molecular flexibility index (Phi) is 4.69. The van der Waals surface area contributed by atoms with Gasteiger partial charge >= 0.3 is 0 Å². The van der Waals surface area contributed by atoms with Crippen molar-refractivity contribution < 1.29 is 18.6 Å². The Bertz CT molecular complexity index is 584. The van der Waals surface area contributed by atoms with Crippen LogP contribution in [-0.4, -0.2) is 18.3 Å². The van der Waals surface area contributed by atoms with Crippen LogP contribution in [0.1, 0.15) is 11.1 Å². The van der Waals surface area contributed by atoms with E-state index in [-0.39, 0.29) is 6.42 Å². The number of aliphatic hydroxyl groups excluding tert-OH is 1. The van der Waals surface area contributed by atoms with Gasteiger partial charge in [-0.3, -0.25) is 0 Å². The van der Waals surface area contributed by atoms with Gasteiger partial charge in [0.2, 0.25) is 0 Å². The average Bonchev–Trinajstić information content (AvgIpc) is 2.42. The molecule has 0 bridgehead atoms. The predicted molar refractivity (Wildman–Crippen MR) is 72.8 cm³/mol. The van der Waals surface area contributed by atoms with E-state index in [1.54, 1.807) is 13.2 Å². The maximum atomic E-state index is 13.5. The van der Waals surface area contributed by atoms with Gasteiger partial charge in [0.1, 0.15) is 17.4 Å². The summed E-state index contributed by atoms with van der Waals surface area (Å²) >= 11 is 0. The zero-order valence-corrected chi connectivity index (χ0v) is 11.1. The van der Waals surface area contributed by atoms with Crippen molar-refractivity contribution in [1.82, 2.24) is 0 Å². The van der Waals surface area contributed by atoms with Gasteiger partial charge in [0.15, 0.2) is 0 Å². The quantitative estimate of drug-likeness (QED) is 0.910. The summed E-state index contributed by atoms with van der Waals surface area (Å²) in [5.74, 6) is -0.569. The smallest absolute Gasteiger partial charge is 0.129 e. The van der Waals surface area contributed by atoms with Crippen LogP contribution in [-0.2, 0) is 12.8 Å². The second-order valence-corrected chi connectivity index (χ2v) is 4.61. The molecule has 0 aliphatic carbocycles. The van der Waals surface area contributed by atoms with Gasteiger partial charge in [-0.15, -0.1) is 0 Å². The van der Waals surface area contributed by atoms with E-state index in [0.717, 1.165) is 11.6 Å². The van der Waals surface area contributed by atoms with Crippen LogP contribution in [0, 0.1) is 11.6 Å². The van der Waals surface area contributed by atoms with E-state index in [1.807, 2.05) is 18.2 Å². The number of rotatable bonds is 5. The summed E-state index contributed by atoms with van der Waals surface area (Å²) in [6, 6.07) is 10.7. The minimum atomic E-state index is -0.758. The zero-order chi connectivity index (χ0) is 14.5. The monoisotopic (exact) mass is 278 g/mol. The molecule has 20 heavy (non-hydrogen) atoms. The topological polar surface area (TPSA) is 29.5 Å². The molecule has 2 rings (SSSR count). The molecule has 1 N–H and O–H groups in total. The number of halogens is 2. The predicted octanol–water partition coefficient (Wildman–Crippen LogP) is 3.12. The van der Waals surface area contributed by atoms with Crippen LogP contribution in [0.4, 0.5) is 8.78 Å². The maximum Gasteiger partial charge on any atom is 0.129 e. The molecular weight excluding hydrogens is 262 g/mol. The summed E-state index contributed by atoms with van der Waals surface area (Å²) in [5, 5.41) is 10.1. The Morgan fingerprint density at radius 2 is 1.75 bits per heavy atom. The Morgan fingerprint density at radius 3 is 2.45 bits per heavy atom. The van der Waals surface area contributed by atoms with E-state index in [0.29, 0.717) is 17.7 Å². The Labute approximate surface area is 116 Å². The first kappa shape index (κ1) is 14.5. The van der Waals surface area contributed by atoms with Crippen LogP contribution < -0.4 is 4.74 Å². The third-order valence-electron chi connectivity index (χ3n) is 3.12. The van der Waals surface area contributed by atoms with Crippen molar-refractivity contribution in [2.24, 2.45) is 0 Å². The first-order valence-electron chi connectivity index (χ1n) is 6.34. The molecule has 0 aliphatic rings. The molecule has 4 heteroatoms. The molecular formula is C16H16F2O2. The summed E-state index contributed by atoms with van der Waals surface area (Å²) in [6.45, 7) is 0. The molecule has 0 amide bonds. The van der Waals surface area contributed by atoms with Gasteiger partial charge in [0.05, 0.1) is 13.2 Å². The van der Waals surface area contributed by atoms with Gasteiger partial charge in [-0.25, -0.2) is 8.78 Å². The molecule has 0 fully saturated rings. The third-order valence-corrected chi connectivity index (χ3v) is 3.12. The van der Waals surface area contributed by atoms with Crippen molar-refractivity contribution in [1.29, 1.82) is 0 Å². The number of hydrogen-bond acceptors (Lipinski definition) is 2. The fourth-order valence-electron chi connectivity index (χ4n) is 2.14. The fourth-order valence-corrected chi connectivity index (χ4v) is 2.14. The lowest BCUT2D eigenvalue weighted by atomic mass is 10.0. The van der Waals surface area contributed by atoms with E-state index >= 15 is 0 Å². The highest BCUT2D eigenvalue weighted by molar-refractivity contribution is 5.34.